The highest BCUT2D eigenvalue weighted by Gasteiger charge is 2.12. The van der Waals surface area contributed by atoms with Crippen LogP contribution in [0.2, 0.25) is 0 Å². The zero-order valence-corrected chi connectivity index (χ0v) is 12.5. The molecule has 0 aliphatic rings. The molecular weight excluding hydrogens is 295 g/mol. The Labute approximate surface area is 132 Å². The van der Waals surface area contributed by atoms with E-state index in [9.17, 15) is 9.18 Å². The molecule has 0 unspecified atom stereocenters. The lowest BCUT2D eigenvalue weighted by Gasteiger charge is -2.10. The van der Waals surface area contributed by atoms with Gasteiger partial charge in [0, 0.05) is 17.1 Å². The molecule has 5 heteroatoms. The van der Waals surface area contributed by atoms with Gasteiger partial charge in [0.25, 0.3) is 0 Å². The molecule has 4 nitrogen and oxygen atoms in total. The monoisotopic (exact) mass is 310 g/mol. The van der Waals surface area contributed by atoms with Gasteiger partial charge in [0.1, 0.15) is 11.6 Å². The number of rotatable bonds is 4. The molecule has 0 radical (unpaired) electrons. The van der Waals surface area contributed by atoms with E-state index < -0.39 is 5.82 Å². The van der Waals surface area contributed by atoms with Crippen molar-refractivity contribution in [2.24, 2.45) is 0 Å². The van der Waals surface area contributed by atoms with Crippen molar-refractivity contribution in [3.05, 3.63) is 66.1 Å². The summed E-state index contributed by atoms with van der Waals surface area (Å²) in [4.78, 5) is 16.6. The summed E-state index contributed by atoms with van der Waals surface area (Å²) in [5.74, 6) is -0.176. The number of benzene rings is 2. The smallest absolute Gasteiger partial charge is 0.228 e. The second-order valence-electron chi connectivity index (χ2n) is 5.06. The number of ether oxygens (including phenoxy) is 1. The Morgan fingerprint density at radius 1 is 1.22 bits per heavy atom. The van der Waals surface area contributed by atoms with Gasteiger partial charge in [0.15, 0.2) is 0 Å². The minimum atomic E-state index is -0.402. The predicted octanol–water partition coefficient (Wildman–Crippen LogP) is 3.56. The normalized spacial score (nSPS) is 10.5. The first-order valence-electron chi connectivity index (χ1n) is 7.13. The van der Waals surface area contributed by atoms with Crippen molar-refractivity contribution in [2.45, 2.75) is 6.42 Å². The number of methoxy groups -OCH3 is 1. The Hall–Kier alpha value is -2.95. The van der Waals surface area contributed by atoms with E-state index in [1.807, 2.05) is 24.3 Å². The number of carbonyl (C=O) groups excluding carboxylic acids is 1. The Balaban J connectivity index is 1.83. The molecule has 1 aromatic heterocycles. The van der Waals surface area contributed by atoms with Crippen LogP contribution < -0.4 is 10.1 Å². The topological polar surface area (TPSA) is 51.2 Å². The first-order chi connectivity index (χ1) is 11.2. The Morgan fingerprint density at radius 2 is 2.04 bits per heavy atom. The Bertz CT molecular complexity index is 859. The van der Waals surface area contributed by atoms with E-state index in [1.165, 1.54) is 25.3 Å². The number of nitrogens with zero attached hydrogens (tertiary/aromatic N) is 1. The van der Waals surface area contributed by atoms with E-state index in [-0.39, 0.29) is 12.3 Å². The van der Waals surface area contributed by atoms with Gasteiger partial charge in [0.05, 0.1) is 24.7 Å². The van der Waals surface area contributed by atoms with Crippen LogP contribution >= 0.6 is 0 Å². The first-order valence-corrected chi connectivity index (χ1v) is 7.13. The first kappa shape index (κ1) is 15.0. The highest BCUT2D eigenvalue weighted by atomic mass is 19.1. The van der Waals surface area contributed by atoms with Crippen LogP contribution in [0.3, 0.4) is 0 Å². The molecule has 1 heterocycles. The van der Waals surface area contributed by atoms with Crippen molar-refractivity contribution in [3.8, 4) is 5.75 Å². The minimum Gasteiger partial charge on any atom is -0.496 e. The van der Waals surface area contributed by atoms with Crippen LogP contribution in [-0.4, -0.2) is 18.0 Å². The molecule has 1 amide bonds. The van der Waals surface area contributed by atoms with Crippen LogP contribution in [0.15, 0.2) is 54.7 Å². The number of hydrogen-bond acceptors (Lipinski definition) is 3. The molecule has 0 aliphatic heterocycles. The summed E-state index contributed by atoms with van der Waals surface area (Å²) in [5, 5.41) is 3.76. The fraction of sp³-hybridized carbons (Fsp3) is 0.111. The largest absolute Gasteiger partial charge is 0.496 e. The lowest BCUT2D eigenvalue weighted by molar-refractivity contribution is -0.115. The molecule has 1 N–H and O–H groups in total. The third-order valence-electron chi connectivity index (χ3n) is 3.50. The number of pyridine rings is 1. The van der Waals surface area contributed by atoms with Gasteiger partial charge in [-0.25, -0.2) is 4.39 Å². The van der Waals surface area contributed by atoms with Crippen molar-refractivity contribution in [1.82, 2.24) is 4.98 Å². The highest BCUT2D eigenvalue weighted by molar-refractivity contribution is 6.00. The second-order valence-corrected chi connectivity index (χ2v) is 5.06. The zero-order valence-electron chi connectivity index (χ0n) is 12.5. The summed E-state index contributed by atoms with van der Waals surface area (Å²) in [7, 11) is 1.49. The average molecular weight is 310 g/mol. The molecule has 23 heavy (non-hydrogen) atoms. The average Bonchev–Trinajstić information content (AvgIpc) is 2.55. The van der Waals surface area contributed by atoms with E-state index in [2.05, 4.69) is 10.3 Å². The number of aromatic nitrogens is 1. The molecule has 0 spiro atoms. The number of hydrogen-bond donors (Lipinski definition) is 1. The number of amides is 1. The number of carbonyl (C=O) groups is 1. The summed E-state index contributed by atoms with van der Waals surface area (Å²) < 4.78 is 18.5. The standard InChI is InChI=1S/C18H15FN2O2/c1-23-16-8-7-14(19)10-13(16)11-17(22)21-15-6-2-4-12-5-3-9-20-18(12)15/h2-10H,11H2,1H3,(H,21,22). The number of halogens is 1. The molecule has 2 aromatic carbocycles. The van der Waals surface area contributed by atoms with Gasteiger partial charge < -0.3 is 10.1 Å². The maximum atomic E-state index is 13.4. The number of anilines is 1. The van der Waals surface area contributed by atoms with Crippen molar-refractivity contribution in [1.29, 1.82) is 0 Å². The van der Waals surface area contributed by atoms with Crippen LogP contribution in [0.5, 0.6) is 5.75 Å². The molecule has 3 aromatic rings. The van der Waals surface area contributed by atoms with Gasteiger partial charge in [-0.1, -0.05) is 18.2 Å². The Kier molecular flexibility index (Phi) is 4.19. The van der Waals surface area contributed by atoms with Gasteiger partial charge >= 0.3 is 0 Å². The van der Waals surface area contributed by atoms with E-state index >= 15 is 0 Å². The summed E-state index contributed by atoms with van der Waals surface area (Å²) in [6.07, 6.45) is 1.69. The molecule has 0 bridgehead atoms. The van der Waals surface area contributed by atoms with Gasteiger partial charge in [-0.05, 0) is 30.3 Å². The molecular formula is C18H15FN2O2. The van der Waals surface area contributed by atoms with Gasteiger partial charge in [0.2, 0.25) is 5.91 Å². The second kappa shape index (κ2) is 6.44. The lowest BCUT2D eigenvalue weighted by Crippen LogP contribution is -2.15. The predicted molar refractivity (Wildman–Crippen MR) is 87.0 cm³/mol. The van der Waals surface area contributed by atoms with Crippen LogP contribution in [0.4, 0.5) is 10.1 Å². The van der Waals surface area contributed by atoms with Crippen LogP contribution in [0.1, 0.15) is 5.56 Å². The van der Waals surface area contributed by atoms with Gasteiger partial charge in [-0.3, -0.25) is 9.78 Å². The molecule has 0 aliphatic carbocycles. The van der Waals surface area contributed by atoms with E-state index in [0.717, 1.165) is 10.9 Å². The van der Waals surface area contributed by atoms with Gasteiger partial charge in [-0.15, -0.1) is 0 Å². The quantitative estimate of drug-likeness (QED) is 0.801. The van der Waals surface area contributed by atoms with Crippen LogP contribution in [0.25, 0.3) is 10.9 Å². The van der Waals surface area contributed by atoms with E-state index in [0.29, 0.717) is 17.0 Å². The molecule has 3 rings (SSSR count). The fourth-order valence-corrected chi connectivity index (χ4v) is 2.46. The summed E-state index contributed by atoms with van der Waals surface area (Å²) in [6.45, 7) is 0. The minimum absolute atomic E-state index is 0.0180. The molecule has 116 valence electrons. The number of fused-ring (bicyclic) bond motifs is 1. The summed E-state index contributed by atoms with van der Waals surface area (Å²) >= 11 is 0. The van der Waals surface area contributed by atoms with Crippen molar-refractivity contribution < 1.29 is 13.9 Å². The van der Waals surface area contributed by atoms with Crippen LogP contribution in [-0.2, 0) is 11.2 Å². The maximum absolute atomic E-state index is 13.4. The lowest BCUT2D eigenvalue weighted by atomic mass is 10.1. The number of para-hydroxylation sites is 1. The maximum Gasteiger partial charge on any atom is 0.228 e. The Morgan fingerprint density at radius 3 is 2.87 bits per heavy atom. The SMILES string of the molecule is COc1ccc(F)cc1CC(=O)Nc1cccc2cccnc12. The summed E-state index contributed by atoms with van der Waals surface area (Å²) in [6, 6.07) is 13.4. The van der Waals surface area contributed by atoms with Crippen molar-refractivity contribution >= 4 is 22.5 Å². The number of nitrogens with one attached hydrogen (secondary N) is 1. The third-order valence-corrected chi connectivity index (χ3v) is 3.50. The van der Waals surface area contributed by atoms with Crippen molar-refractivity contribution in [2.75, 3.05) is 12.4 Å². The van der Waals surface area contributed by atoms with Crippen LogP contribution in [0, 0.1) is 5.82 Å². The molecule has 0 saturated heterocycles. The summed E-state index contributed by atoms with van der Waals surface area (Å²) in [5.41, 5.74) is 1.84. The van der Waals surface area contributed by atoms with E-state index in [1.54, 1.807) is 12.3 Å². The molecule has 0 fully saturated rings. The van der Waals surface area contributed by atoms with E-state index in [4.69, 9.17) is 4.74 Å². The molecule has 0 saturated carbocycles. The third kappa shape index (κ3) is 3.29. The fourth-order valence-electron chi connectivity index (χ4n) is 2.46. The zero-order chi connectivity index (χ0) is 16.2. The highest BCUT2D eigenvalue weighted by Crippen LogP contribution is 2.23. The van der Waals surface area contributed by atoms with Crippen molar-refractivity contribution in [3.63, 3.8) is 0 Å². The molecule has 0 atom stereocenters. The van der Waals surface area contributed by atoms with Gasteiger partial charge in [-0.2, -0.15) is 0 Å².